The summed E-state index contributed by atoms with van der Waals surface area (Å²) in [4.78, 5) is 3.22. The molecule has 0 amide bonds. The first-order valence-corrected chi connectivity index (χ1v) is 4.78. The monoisotopic (exact) mass is 185 g/mol. The van der Waals surface area contributed by atoms with Crippen molar-refractivity contribution < 1.29 is 0 Å². The van der Waals surface area contributed by atoms with E-state index >= 15 is 0 Å². The van der Waals surface area contributed by atoms with Crippen LogP contribution in [0.4, 0.5) is 0 Å². The highest BCUT2D eigenvalue weighted by Crippen LogP contribution is 2.31. The van der Waals surface area contributed by atoms with Gasteiger partial charge in [0.1, 0.15) is 0 Å². The molecule has 0 atom stereocenters. The fraction of sp³-hybridized carbons (Fsp3) is 0.600. The summed E-state index contributed by atoms with van der Waals surface area (Å²) in [7, 11) is 0. The van der Waals surface area contributed by atoms with Gasteiger partial charge in [0.15, 0.2) is 0 Å². The topological polar surface area (TPSA) is 15.8 Å². The predicted octanol–water partition coefficient (Wildman–Crippen LogP) is 3.91. The molecule has 2 heteroatoms. The van der Waals surface area contributed by atoms with Crippen molar-refractivity contribution in [1.82, 2.24) is 4.98 Å². The summed E-state index contributed by atoms with van der Waals surface area (Å²) >= 11 is 6.05. The van der Waals surface area contributed by atoms with Crippen molar-refractivity contribution >= 4 is 11.6 Å². The van der Waals surface area contributed by atoms with E-state index in [1.807, 2.05) is 6.20 Å². The number of rotatable bonds is 2. The SMILES string of the molecule is CC(C)c1[nH]cc(Cl)c1C(C)C. The number of H-pyrrole nitrogens is 1. The van der Waals surface area contributed by atoms with E-state index in [1.165, 1.54) is 11.3 Å². The summed E-state index contributed by atoms with van der Waals surface area (Å²) < 4.78 is 0. The molecular formula is C10H16ClN. The third-order valence-corrected chi connectivity index (χ3v) is 2.37. The zero-order valence-electron chi connectivity index (χ0n) is 8.11. The second kappa shape index (κ2) is 3.53. The minimum atomic E-state index is 0.501. The van der Waals surface area contributed by atoms with Crippen LogP contribution >= 0.6 is 11.6 Å². The highest BCUT2D eigenvalue weighted by Gasteiger charge is 2.14. The Morgan fingerprint density at radius 1 is 1.17 bits per heavy atom. The summed E-state index contributed by atoms with van der Waals surface area (Å²) in [5.41, 5.74) is 2.54. The van der Waals surface area contributed by atoms with Crippen LogP contribution in [-0.4, -0.2) is 4.98 Å². The van der Waals surface area contributed by atoms with E-state index in [0.717, 1.165) is 5.02 Å². The molecule has 0 saturated carbocycles. The fourth-order valence-corrected chi connectivity index (χ4v) is 1.86. The maximum absolute atomic E-state index is 6.05. The third-order valence-electron chi connectivity index (χ3n) is 2.06. The van der Waals surface area contributed by atoms with Crippen molar-refractivity contribution in [2.24, 2.45) is 0 Å². The second-order valence-corrected chi connectivity index (χ2v) is 4.18. The first kappa shape index (κ1) is 9.66. The zero-order valence-corrected chi connectivity index (χ0v) is 8.87. The Balaban J connectivity index is 3.12. The molecule has 1 nitrogen and oxygen atoms in total. The van der Waals surface area contributed by atoms with Crippen molar-refractivity contribution in [3.8, 4) is 0 Å². The number of aromatic amines is 1. The van der Waals surface area contributed by atoms with Gasteiger partial charge >= 0.3 is 0 Å². The van der Waals surface area contributed by atoms with Crippen LogP contribution in [0.5, 0.6) is 0 Å². The van der Waals surface area contributed by atoms with E-state index < -0.39 is 0 Å². The Kier molecular flexibility index (Phi) is 2.84. The summed E-state index contributed by atoms with van der Waals surface area (Å²) in [6.07, 6.45) is 1.88. The summed E-state index contributed by atoms with van der Waals surface area (Å²) in [6, 6.07) is 0. The molecule has 0 unspecified atom stereocenters. The number of hydrogen-bond acceptors (Lipinski definition) is 0. The molecule has 0 spiro atoms. The molecule has 0 aliphatic rings. The predicted molar refractivity (Wildman–Crippen MR) is 54.0 cm³/mol. The summed E-state index contributed by atoms with van der Waals surface area (Å²) in [6.45, 7) is 8.68. The highest BCUT2D eigenvalue weighted by atomic mass is 35.5. The maximum Gasteiger partial charge on any atom is 0.0617 e. The Labute approximate surface area is 79.1 Å². The molecule has 0 bridgehead atoms. The van der Waals surface area contributed by atoms with Crippen LogP contribution < -0.4 is 0 Å². The Bertz CT molecular complexity index is 261. The third kappa shape index (κ3) is 1.66. The molecule has 68 valence electrons. The average Bonchev–Trinajstić information content (AvgIpc) is 2.30. The Morgan fingerprint density at radius 2 is 1.75 bits per heavy atom. The molecule has 1 aromatic rings. The average molecular weight is 186 g/mol. The Hall–Kier alpha value is -0.430. The maximum atomic E-state index is 6.05. The number of hydrogen-bond donors (Lipinski definition) is 1. The lowest BCUT2D eigenvalue weighted by atomic mass is 9.98. The molecule has 1 N–H and O–H groups in total. The Morgan fingerprint density at radius 3 is 2.08 bits per heavy atom. The van der Waals surface area contributed by atoms with Crippen molar-refractivity contribution in [3.05, 3.63) is 22.5 Å². The van der Waals surface area contributed by atoms with Crippen LogP contribution in [0.3, 0.4) is 0 Å². The number of halogens is 1. The standard InChI is InChI=1S/C10H16ClN/c1-6(2)9-8(11)5-12-10(9)7(3)4/h5-7,12H,1-4H3. The van der Waals surface area contributed by atoms with Gasteiger partial charge in [-0.1, -0.05) is 39.3 Å². The minimum Gasteiger partial charge on any atom is -0.363 e. The zero-order chi connectivity index (χ0) is 9.30. The lowest BCUT2D eigenvalue weighted by molar-refractivity contribution is 0.774. The van der Waals surface area contributed by atoms with E-state index in [1.54, 1.807) is 0 Å². The minimum absolute atomic E-state index is 0.501. The normalized spacial score (nSPS) is 11.6. The number of aromatic nitrogens is 1. The lowest BCUT2D eigenvalue weighted by Gasteiger charge is -2.10. The smallest absolute Gasteiger partial charge is 0.0617 e. The number of nitrogens with one attached hydrogen (secondary N) is 1. The molecule has 1 heterocycles. The van der Waals surface area contributed by atoms with Crippen LogP contribution in [0, 0.1) is 0 Å². The molecule has 0 aliphatic carbocycles. The van der Waals surface area contributed by atoms with Crippen molar-refractivity contribution in [3.63, 3.8) is 0 Å². The molecule has 1 aromatic heterocycles. The van der Waals surface area contributed by atoms with Crippen molar-refractivity contribution in [2.75, 3.05) is 0 Å². The molecule has 0 aromatic carbocycles. The first-order valence-electron chi connectivity index (χ1n) is 4.40. The summed E-state index contributed by atoms with van der Waals surface area (Å²) in [5.74, 6) is 1.02. The molecular weight excluding hydrogens is 170 g/mol. The molecule has 0 radical (unpaired) electrons. The van der Waals surface area contributed by atoms with Gasteiger partial charge in [0.2, 0.25) is 0 Å². The second-order valence-electron chi connectivity index (χ2n) is 3.77. The van der Waals surface area contributed by atoms with Gasteiger partial charge < -0.3 is 4.98 Å². The van der Waals surface area contributed by atoms with Crippen molar-refractivity contribution in [2.45, 2.75) is 39.5 Å². The molecule has 0 aliphatic heterocycles. The van der Waals surface area contributed by atoms with Crippen LogP contribution in [0.25, 0.3) is 0 Å². The van der Waals surface area contributed by atoms with Gasteiger partial charge in [-0.15, -0.1) is 0 Å². The molecule has 12 heavy (non-hydrogen) atoms. The van der Waals surface area contributed by atoms with Gasteiger partial charge in [-0.25, -0.2) is 0 Å². The van der Waals surface area contributed by atoms with E-state index in [0.29, 0.717) is 11.8 Å². The van der Waals surface area contributed by atoms with E-state index in [-0.39, 0.29) is 0 Å². The van der Waals surface area contributed by atoms with E-state index in [9.17, 15) is 0 Å². The van der Waals surface area contributed by atoms with E-state index in [4.69, 9.17) is 11.6 Å². The molecule has 0 fully saturated rings. The fourth-order valence-electron chi connectivity index (χ4n) is 1.49. The van der Waals surface area contributed by atoms with Crippen LogP contribution in [-0.2, 0) is 0 Å². The van der Waals surface area contributed by atoms with Gasteiger partial charge in [0.25, 0.3) is 0 Å². The van der Waals surface area contributed by atoms with Gasteiger partial charge in [0.05, 0.1) is 5.02 Å². The van der Waals surface area contributed by atoms with Gasteiger partial charge in [-0.3, -0.25) is 0 Å². The van der Waals surface area contributed by atoms with Crippen LogP contribution in [0.15, 0.2) is 6.20 Å². The first-order chi connectivity index (χ1) is 5.54. The van der Waals surface area contributed by atoms with Gasteiger partial charge in [-0.2, -0.15) is 0 Å². The van der Waals surface area contributed by atoms with Gasteiger partial charge in [0, 0.05) is 11.9 Å². The van der Waals surface area contributed by atoms with Crippen LogP contribution in [0.1, 0.15) is 50.8 Å². The lowest BCUT2D eigenvalue weighted by Crippen LogP contribution is -1.96. The molecule has 0 saturated heterocycles. The van der Waals surface area contributed by atoms with Gasteiger partial charge in [-0.05, 0) is 17.4 Å². The van der Waals surface area contributed by atoms with E-state index in [2.05, 4.69) is 32.7 Å². The highest BCUT2D eigenvalue weighted by molar-refractivity contribution is 6.31. The largest absolute Gasteiger partial charge is 0.363 e. The summed E-state index contributed by atoms with van der Waals surface area (Å²) in [5, 5.41) is 0.869. The van der Waals surface area contributed by atoms with Crippen LogP contribution in [0.2, 0.25) is 5.02 Å². The van der Waals surface area contributed by atoms with Crippen molar-refractivity contribution in [1.29, 1.82) is 0 Å². The quantitative estimate of drug-likeness (QED) is 0.719. The molecule has 1 rings (SSSR count).